The Bertz CT molecular complexity index is 608. The molecule has 2 aromatic rings. The van der Waals surface area contributed by atoms with Crippen LogP contribution in [0.15, 0.2) is 42.6 Å². The van der Waals surface area contributed by atoms with Gasteiger partial charge in [-0.1, -0.05) is 12.1 Å². The summed E-state index contributed by atoms with van der Waals surface area (Å²) in [5, 5.41) is 0. The lowest BCUT2D eigenvalue weighted by Crippen LogP contribution is -2.16. The van der Waals surface area contributed by atoms with Gasteiger partial charge in [-0.25, -0.2) is 4.39 Å². The third kappa shape index (κ3) is 3.06. The molecule has 102 valence electrons. The van der Waals surface area contributed by atoms with Crippen LogP contribution in [0.4, 0.5) is 4.39 Å². The molecule has 0 N–H and O–H groups in total. The molecule has 0 bridgehead atoms. The summed E-state index contributed by atoms with van der Waals surface area (Å²) in [5.74, 6) is -0.834. The average molecular weight is 273 g/mol. The molecular formula is C15H12FNO3. The van der Waals surface area contributed by atoms with E-state index in [2.05, 4.69) is 4.98 Å². The predicted octanol–water partition coefficient (Wildman–Crippen LogP) is 2.63. The van der Waals surface area contributed by atoms with E-state index in [1.165, 1.54) is 30.5 Å². The summed E-state index contributed by atoms with van der Waals surface area (Å²) in [6.45, 7) is 2.00. The molecule has 5 heteroatoms. The van der Waals surface area contributed by atoms with E-state index < -0.39 is 17.7 Å². The first kappa shape index (κ1) is 13.9. The smallest absolute Gasteiger partial charge is 0.294 e. The Morgan fingerprint density at radius 1 is 1.25 bits per heavy atom. The fourth-order valence-corrected chi connectivity index (χ4v) is 1.75. The normalized spacial score (nSPS) is 11.7. The summed E-state index contributed by atoms with van der Waals surface area (Å²) in [6, 6.07) is 8.52. The lowest BCUT2D eigenvalue weighted by Gasteiger charge is -2.14. The molecule has 1 atom stereocenters. The fraction of sp³-hybridized carbons (Fsp3) is 0.133. The number of hydrogen-bond donors (Lipinski definition) is 0. The second-order valence-electron chi connectivity index (χ2n) is 4.22. The first-order chi connectivity index (χ1) is 9.61. The summed E-state index contributed by atoms with van der Waals surface area (Å²) in [5.41, 5.74) is 1.51. The number of nitrogens with zero attached hydrogens (tertiary/aromatic N) is 1. The Balaban J connectivity index is 2.32. The van der Waals surface area contributed by atoms with Crippen LogP contribution < -0.4 is 0 Å². The Hall–Kier alpha value is -2.56. The summed E-state index contributed by atoms with van der Waals surface area (Å²) in [4.78, 5) is 26.9. The van der Waals surface area contributed by atoms with E-state index in [0.717, 1.165) is 5.69 Å². The van der Waals surface area contributed by atoms with E-state index in [1.54, 1.807) is 19.1 Å². The topological polar surface area (TPSA) is 56.3 Å². The number of rotatable bonds is 5. The number of aromatic nitrogens is 1. The van der Waals surface area contributed by atoms with E-state index >= 15 is 0 Å². The second-order valence-corrected chi connectivity index (χ2v) is 4.22. The van der Waals surface area contributed by atoms with Crippen LogP contribution in [-0.2, 0) is 9.53 Å². The summed E-state index contributed by atoms with van der Waals surface area (Å²) in [7, 11) is 0. The number of pyridine rings is 1. The van der Waals surface area contributed by atoms with Crippen molar-refractivity contribution < 1.29 is 18.7 Å². The van der Waals surface area contributed by atoms with Gasteiger partial charge in [0.2, 0.25) is 5.78 Å². The molecule has 0 aliphatic rings. The highest BCUT2D eigenvalue weighted by Gasteiger charge is 2.23. The van der Waals surface area contributed by atoms with Gasteiger partial charge in [-0.05, 0) is 31.2 Å². The summed E-state index contributed by atoms with van der Waals surface area (Å²) >= 11 is 0. The van der Waals surface area contributed by atoms with Crippen molar-refractivity contribution in [3.05, 3.63) is 65.2 Å². The third-order valence-corrected chi connectivity index (χ3v) is 2.80. The van der Waals surface area contributed by atoms with Crippen LogP contribution in [0.5, 0.6) is 0 Å². The van der Waals surface area contributed by atoms with Gasteiger partial charge in [-0.15, -0.1) is 0 Å². The minimum absolute atomic E-state index is 0.202. The molecule has 4 nitrogen and oxygen atoms in total. The van der Waals surface area contributed by atoms with Crippen molar-refractivity contribution >= 4 is 12.3 Å². The molecule has 0 saturated carbocycles. The van der Waals surface area contributed by atoms with Crippen LogP contribution in [0.2, 0.25) is 0 Å². The van der Waals surface area contributed by atoms with Crippen molar-refractivity contribution in [3.8, 4) is 0 Å². The molecule has 0 spiro atoms. The molecule has 20 heavy (non-hydrogen) atoms. The lowest BCUT2D eigenvalue weighted by atomic mass is 10.0. The highest BCUT2D eigenvalue weighted by molar-refractivity contribution is 6.00. The monoisotopic (exact) mass is 273 g/mol. The Morgan fingerprint density at radius 2 is 1.95 bits per heavy atom. The molecular weight excluding hydrogens is 261 g/mol. The molecule has 1 aromatic heterocycles. The van der Waals surface area contributed by atoms with E-state index in [0.29, 0.717) is 11.1 Å². The molecule has 0 radical (unpaired) electrons. The van der Waals surface area contributed by atoms with Crippen LogP contribution in [-0.4, -0.2) is 17.2 Å². The average Bonchev–Trinajstić information content (AvgIpc) is 2.46. The number of ether oxygens (including phenoxy) is 1. The number of hydrogen-bond acceptors (Lipinski definition) is 4. The van der Waals surface area contributed by atoms with Gasteiger partial charge in [0.05, 0.1) is 0 Å². The molecule has 2 rings (SSSR count). The van der Waals surface area contributed by atoms with Crippen LogP contribution in [0.3, 0.4) is 0 Å². The SMILES string of the molecule is Cc1ccc(C(=O)C(OC=O)c2ccc(F)cc2)cn1. The third-order valence-electron chi connectivity index (χ3n) is 2.80. The molecule has 1 heterocycles. The van der Waals surface area contributed by atoms with Gasteiger partial charge in [0.1, 0.15) is 5.82 Å². The van der Waals surface area contributed by atoms with Crippen LogP contribution in [0.25, 0.3) is 0 Å². The van der Waals surface area contributed by atoms with Gasteiger partial charge in [0.25, 0.3) is 6.47 Å². The first-order valence-corrected chi connectivity index (χ1v) is 5.93. The Morgan fingerprint density at radius 3 is 2.50 bits per heavy atom. The zero-order chi connectivity index (χ0) is 14.5. The van der Waals surface area contributed by atoms with Crippen LogP contribution >= 0.6 is 0 Å². The van der Waals surface area contributed by atoms with Gasteiger partial charge in [-0.2, -0.15) is 0 Å². The van der Waals surface area contributed by atoms with Crippen LogP contribution in [0.1, 0.15) is 27.7 Å². The number of benzene rings is 1. The molecule has 0 saturated heterocycles. The van der Waals surface area contributed by atoms with E-state index in [9.17, 15) is 14.0 Å². The number of Topliss-reactive ketones (excluding diaryl/α,β-unsaturated/α-hetero) is 1. The standard InChI is InChI=1S/C15H12FNO3/c1-10-2-3-12(8-17-10)14(19)15(20-9-18)11-4-6-13(16)7-5-11/h2-9,15H,1H3. The van der Waals surface area contributed by atoms with E-state index in [1.807, 2.05) is 0 Å². The molecule has 1 aromatic carbocycles. The number of ketones is 1. The number of aryl methyl sites for hydroxylation is 1. The summed E-state index contributed by atoms with van der Waals surface area (Å²) in [6.07, 6.45) is 0.320. The number of halogens is 1. The lowest BCUT2D eigenvalue weighted by molar-refractivity contribution is -0.132. The van der Waals surface area contributed by atoms with Crippen molar-refractivity contribution in [2.75, 3.05) is 0 Å². The van der Waals surface area contributed by atoms with Gasteiger partial charge in [0, 0.05) is 23.0 Å². The minimum atomic E-state index is -1.10. The van der Waals surface area contributed by atoms with Crippen LogP contribution in [0, 0.1) is 12.7 Å². The highest BCUT2D eigenvalue weighted by atomic mass is 19.1. The van der Waals surface area contributed by atoms with Gasteiger partial charge < -0.3 is 4.74 Å². The van der Waals surface area contributed by atoms with Crippen molar-refractivity contribution in [1.29, 1.82) is 0 Å². The second kappa shape index (κ2) is 6.06. The van der Waals surface area contributed by atoms with E-state index in [4.69, 9.17) is 4.74 Å². The molecule has 0 aliphatic carbocycles. The first-order valence-electron chi connectivity index (χ1n) is 5.93. The van der Waals surface area contributed by atoms with Gasteiger partial charge >= 0.3 is 0 Å². The zero-order valence-corrected chi connectivity index (χ0v) is 10.7. The Kier molecular flexibility index (Phi) is 4.20. The maximum absolute atomic E-state index is 12.9. The zero-order valence-electron chi connectivity index (χ0n) is 10.7. The quantitative estimate of drug-likeness (QED) is 0.620. The molecule has 0 fully saturated rings. The minimum Gasteiger partial charge on any atom is -0.451 e. The highest BCUT2D eigenvalue weighted by Crippen LogP contribution is 2.22. The molecule has 0 aliphatic heterocycles. The summed E-state index contributed by atoms with van der Waals surface area (Å²) < 4.78 is 17.7. The molecule has 0 amide bonds. The van der Waals surface area contributed by atoms with Crippen molar-refractivity contribution in [1.82, 2.24) is 4.98 Å². The largest absolute Gasteiger partial charge is 0.451 e. The number of carbonyl (C=O) groups excluding carboxylic acids is 2. The maximum Gasteiger partial charge on any atom is 0.294 e. The van der Waals surface area contributed by atoms with Crippen molar-refractivity contribution in [2.24, 2.45) is 0 Å². The number of carbonyl (C=O) groups is 2. The van der Waals surface area contributed by atoms with Gasteiger partial charge in [0.15, 0.2) is 6.10 Å². The van der Waals surface area contributed by atoms with E-state index in [-0.39, 0.29) is 6.47 Å². The maximum atomic E-state index is 12.9. The molecule has 1 unspecified atom stereocenters. The van der Waals surface area contributed by atoms with Gasteiger partial charge in [-0.3, -0.25) is 14.6 Å². The fourth-order valence-electron chi connectivity index (χ4n) is 1.75. The van der Waals surface area contributed by atoms with Crippen molar-refractivity contribution in [3.63, 3.8) is 0 Å². The Labute approximate surface area is 115 Å². The van der Waals surface area contributed by atoms with Crippen molar-refractivity contribution in [2.45, 2.75) is 13.0 Å². The predicted molar refractivity (Wildman–Crippen MR) is 69.6 cm³/mol.